The van der Waals surface area contributed by atoms with Crippen LogP contribution in [0.25, 0.3) is 11.1 Å². The van der Waals surface area contributed by atoms with Gasteiger partial charge in [0.15, 0.2) is 5.58 Å². The van der Waals surface area contributed by atoms with Crippen molar-refractivity contribution >= 4 is 28.9 Å². The van der Waals surface area contributed by atoms with Gasteiger partial charge in [-0.25, -0.2) is 0 Å². The van der Waals surface area contributed by atoms with Gasteiger partial charge in [-0.05, 0) is 30.7 Å². The lowest BCUT2D eigenvalue weighted by Crippen LogP contribution is -2.26. The summed E-state index contributed by atoms with van der Waals surface area (Å²) in [4.78, 5) is 4.48. The van der Waals surface area contributed by atoms with E-state index in [1.807, 2.05) is 36.0 Å². The SMILES string of the molecule is CCSC1CCCC1Nc1nc2ccccc2o1. The van der Waals surface area contributed by atoms with Crippen molar-refractivity contribution < 1.29 is 4.42 Å². The molecular formula is C14H18N2OS. The maximum atomic E-state index is 5.72. The Morgan fingerprint density at radius 1 is 1.39 bits per heavy atom. The first-order valence-corrected chi connectivity index (χ1v) is 7.65. The van der Waals surface area contributed by atoms with Crippen molar-refractivity contribution in [2.45, 2.75) is 37.5 Å². The summed E-state index contributed by atoms with van der Waals surface area (Å²) in [6.07, 6.45) is 3.82. The average molecular weight is 262 g/mol. The van der Waals surface area contributed by atoms with Gasteiger partial charge in [0.25, 0.3) is 6.01 Å². The Kier molecular flexibility index (Phi) is 3.46. The zero-order chi connectivity index (χ0) is 12.4. The van der Waals surface area contributed by atoms with Crippen LogP contribution in [0.1, 0.15) is 26.2 Å². The Morgan fingerprint density at radius 3 is 3.11 bits per heavy atom. The van der Waals surface area contributed by atoms with Gasteiger partial charge >= 0.3 is 0 Å². The van der Waals surface area contributed by atoms with Crippen LogP contribution >= 0.6 is 11.8 Å². The standard InChI is InChI=1S/C14H18N2OS/c1-2-18-13-9-5-7-11(13)16-14-15-10-6-3-4-8-12(10)17-14/h3-4,6,8,11,13H,2,5,7,9H2,1H3,(H,15,16). The highest BCUT2D eigenvalue weighted by Gasteiger charge is 2.28. The van der Waals surface area contributed by atoms with E-state index < -0.39 is 0 Å². The highest BCUT2D eigenvalue weighted by atomic mass is 32.2. The summed E-state index contributed by atoms with van der Waals surface area (Å²) in [6.45, 7) is 2.22. The largest absolute Gasteiger partial charge is 0.424 e. The molecule has 1 N–H and O–H groups in total. The van der Waals surface area contributed by atoms with Crippen LogP contribution < -0.4 is 5.32 Å². The quantitative estimate of drug-likeness (QED) is 0.906. The van der Waals surface area contributed by atoms with E-state index in [4.69, 9.17) is 4.42 Å². The van der Waals surface area contributed by atoms with E-state index in [2.05, 4.69) is 17.2 Å². The predicted molar refractivity (Wildman–Crippen MR) is 77.2 cm³/mol. The first kappa shape index (κ1) is 11.9. The molecule has 1 aromatic heterocycles. The summed E-state index contributed by atoms with van der Waals surface area (Å²) in [5, 5.41) is 4.17. The minimum atomic E-state index is 0.503. The van der Waals surface area contributed by atoms with Gasteiger partial charge in [-0.3, -0.25) is 0 Å². The highest BCUT2D eigenvalue weighted by molar-refractivity contribution is 7.99. The molecule has 1 aliphatic carbocycles. The second-order valence-electron chi connectivity index (χ2n) is 4.66. The summed E-state index contributed by atoms with van der Waals surface area (Å²) < 4.78 is 5.72. The van der Waals surface area contributed by atoms with E-state index >= 15 is 0 Å². The molecule has 0 radical (unpaired) electrons. The molecule has 1 aliphatic rings. The number of nitrogens with zero attached hydrogens (tertiary/aromatic N) is 1. The number of para-hydroxylation sites is 2. The monoisotopic (exact) mass is 262 g/mol. The Bertz CT molecular complexity index is 492. The maximum absolute atomic E-state index is 5.72. The molecule has 0 bridgehead atoms. The maximum Gasteiger partial charge on any atom is 0.295 e. The lowest BCUT2D eigenvalue weighted by atomic mass is 10.2. The van der Waals surface area contributed by atoms with E-state index in [-0.39, 0.29) is 0 Å². The number of hydrogen-bond donors (Lipinski definition) is 1. The molecule has 0 saturated heterocycles. The highest BCUT2D eigenvalue weighted by Crippen LogP contribution is 2.32. The van der Waals surface area contributed by atoms with Gasteiger partial charge in [0.1, 0.15) is 5.52 Å². The van der Waals surface area contributed by atoms with Crippen LogP contribution in [0.2, 0.25) is 0 Å². The van der Waals surface area contributed by atoms with E-state index in [0.717, 1.165) is 11.1 Å². The van der Waals surface area contributed by atoms with E-state index in [1.54, 1.807) is 0 Å². The fourth-order valence-corrected chi connectivity index (χ4v) is 3.80. The number of nitrogens with one attached hydrogen (secondary N) is 1. The van der Waals surface area contributed by atoms with E-state index in [9.17, 15) is 0 Å². The molecule has 1 saturated carbocycles. The van der Waals surface area contributed by atoms with Crippen molar-refractivity contribution in [1.82, 2.24) is 4.98 Å². The molecule has 1 fully saturated rings. The van der Waals surface area contributed by atoms with Crippen LogP contribution in [-0.2, 0) is 0 Å². The van der Waals surface area contributed by atoms with Crippen molar-refractivity contribution in [2.75, 3.05) is 11.1 Å². The summed E-state index contributed by atoms with van der Waals surface area (Å²) in [5.41, 5.74) is 1.79. The van der Waals surface area contributed by atoms with Gasteiger partial charge in [-0.1, -0.05) is 25.5 Å². The molecule has 0 spiro atoms. The number of aromatic nitrogens is 1. The first-order valence-electron chi connectivity index (χ1n) is 6.60. The molecule has 0 amide bonds. The average Bonchev–Trinajstić information content (AvgIpc) is 2.97. The third kappa shape index (κ3) is 2.34. The summed E-state index contributed by atoms with van der Waals surface area (Å²) >= 11 is 2.04. The van der Waals surface area contributed by atoms with Crippen LogP contribution in [0.5, 0.6) is 0 Å². The number of rotatable bonds is 4. The van der Waals surface area contributed by atoms with Gasteiger partial charge in [0, 0.05) is 11.3 Å². The number of hydrogen-bond acceptors (Lipinski definition) is 4. The van der Waals surface area contributed by atoms with E-state index in [0.29, 0.717) is 17.3 Å². The summed E-state index contributed by atoms with van der Waals surface area (Å²) in [6, 6.07) is 9.08. The van der Waals surface area contributed by atoms with Crippen LogP contribution in [-0.4, -0.2) is 22.0 Å². The first-order chi connectivity index (χ1) is 8.86. The van der Waals surface area contributed by atoms with Gasteiger partial charge < -0.3 is 9.73 Å². The lowest BCUT2D eigenvalue weighted by molar-refractivity contribution is 0.596. The van der Waals surface area contributed by atoms with Crippen LogP contribution in [0.3, 0.4) is 0 Å². The molecular weight excluding hydrogens is 244 g/mol. The van der Waals surface area contributed by atoms with Crippen molar-refractivity contribution in [3.8, 4) is 0 Å². The molecule has 0 aliphatic heterocycles. The van der Waals surface area contributed by atoms with Gasteiger partial charge in [0.05, 0.1) is 0 Å². The molecule has 2 unspecified atom stereocenters. The Balaban J connectivity index is 1.75. The van der Waals surface area contributed by atoms with Crippen molar-refractivity contribution in [1.29, 1.82) is 0 Å². The smallest absolute Gasteiger partial charge is 0.295 e. The third-order valence-electron chi connectivity index (χ3n) is 3.44. The second kappa shape index (κ2) is 5.22. The van der Waals surface area contributed by atoms with E-state index in [1.165, 1.54) is 25.0 Å². The Morgan fingerprint density at radius 2 is 2.28 bits per heavy atom. The molecule has 4 heteroatoms. The Labute approximate surface area is 111 Å². The van der Waals surface area contributed by atoms with Crippen molar-refractivity contribution in [3.05, 3.63) is 24.3 Å². The fourth-order valence-electron chi connectivity index (χ4n) is 2.60. The fraction of sp³-hybridized carbons (Fsp3) is 0.500. The Hall–Kier alpha value is -1.16. The topological polar surface area (TPSA) is 38.1 Å². The number of fused-ring (bicyclic) bond motifs is 1. The predicted octanol–water partition coefficient (Wildman–Crippen LogP) is 3.91. The molecule has 3 rings (SSSR count). The zero-order valence-electron chi connectivity index (χ0n) is 10.6. The zero-order valence-corrected chi connectivity index (χ0v) is 11.4. The molecule has 2 atom stereocenters. The lowest BCUT2D eigenvalue weighted by Gasteiger charge is -2.18. The molecule has 18 heavy (non-hydrogen) atoms. The minimum Gasteiger partial charge on any atom is -0.424 e. The molecule has 96 valence electrons. The molecule has 1 heterocycles. The minimum absolute atomic E-state index is 0.503. The second-order valence-corrected chi connectivity index (χ2v) is 6.18. The van der Waals surface area contributed by atoms with Gasteiger partial charge in [-0.2, -0.15) is 16.7 Å². The van der Waals surface area contributed by atoms with Crippen LogP contribution in [0.15, 0.2) is 28.7 Å². The van der Waals surface area contributed by atoms with Crippen molar-refractivity contribution in [3.63, 3.8) is 0 Å². The normalized spacial score (nSPS) is 23.6. The number of anilines is 1. The molecule has 1 aromatic carbocycles. The third-order valence-corrected chi connectivity index (χ3v) is 4.76. The molecule has 2 aromatic rings. The number of benzene rings is 1. The van der Waals surface area contributed by atoms with Crippen LogP contribution in [0.4, 0.5) is 6.01 Å². The van der Waals surface area contributed by atoms with Crippen LogP contribution in [0, 0.1) is 0 Å². The molecule has 3 nitrogen and oxygen atoms in total. The van der Waals surface area contributed by atoms with Crippen molar-refractivity contribution in [2.24, 2.45) is 0 Å². The summed E-state index contributed by atoms with van der Waals surface area (Å²) in [5.74, 6) is 1.18. The number of thioether (sulfide) groups is 1. The van der Waals surface area contributed by atoms with Gasteiger partial charge in [-0.15, -0.1) is 0 Å². The number of oxazole rings is 1. The summed E-state index contributed by atoms with van der Waals surface area (Å²) in [7, 11) is 0. The van der Waals surface area contributed by atoms with Gasteiger partial charge in [0.2, 0.25) is 0 Å².